The van der Waals surface area contributed by atoms with Crippen LogP contribution in [-0.2, 0) is 4.74 Å². The fourth-order valence-corrected chi connectivity index (χ4v) is 1.62. The number of hydrogen-bond acceptors (Lipinski definition) is 2. The summed E-state index contributed by atoms with van der Waals surface area (Å²) in [6.07, 6.45) is 0.0202. The third kappa shape index (κ3) is 2.80. The van der Waals surface area contributed by atoms with Gasteiger partial charge in [0.25, 0.3) is 0 Å². The summed E-state index contributed by atoms with van der Waals surface area (Å²) >= 11 is 3.47. The monoisotopic (exact) mass is 257 g/mol. The normalized spacial score (nSPS) is 12.9. The SMILES string of the molecule is CCOC(CN)c1ccc(Br)c(C)c1. The van der Waals surface area contributed by atoms with Crippen molar-refractivity contribution in [1.29, 1.82) is 0 Å². The van der Waals surface area contributed by atoms with Gasteiger partial charge in [-0.25, -0.2) is 0 Å². The smallest absolute Gasteiger partial charge is 0.0947 e. The van der Waals surface area contributed by atoms with Crippen LogP contribution in [0.5, 0.6) is 0 Å². The summed E-state index contributed by atoms with van der Waals surface area (Å²) in [5, 5.41) is 0. The summed E-state index contributed by atoms with van der Waals surface area (Å²) in [5.74, 6) is 0. The summed E-state index contributed by atoms with van der Waals surface area (Å²) in [6, 6.07) is 6.19. The number of ether oxygens (including phenoxy) is 1. The summed E-state index contributed by atoms with van der Waals surface area (Å²) in [4.78, 5) is 0. The molecule has 3 heteroatoms. The molecule has 0 aromatic heterocycles. The lowest BCUT2D eigenvalue weighted by Gasteiger charge is -2.16. The molecule has 1 aromatic rings. The van der Waals surface area contributed by atoms with Crippen LogP contribution in [-0.4, -0.2) is 13.2 Å². The summed E-state index contributed by atoms with van der Waals surface area (Å²) in [6.45, 7) is 5.26. The molecule has 0 aliphatic rings. The second-order valence-electron chi connectivity index (χ2n) is 3.19. The van der Waals surface area contributed by atoms with Gasteiger partial charge in [0.05, 0.1) is 6.10 Å². The highest BCUT2D eigenvalue weighted by Crippen LogP contribution is 2.22. The molecule has 1 atom stereocenters. The zero-order valence-electron chi connectivity index (χ0n) is 8.59. The maximum atomic E-state index is 5.64. The molecule has 0 bridgehead atoms. The summed E-state index contributed by atoms with van der Waals surface area (Å²) < 4.78 is 6.65. The molecule has 0 amide bonds. The Morgan fingerprint density at radius 3 is 2.71 bits per heavy atom. The lowest BCUT2D eigenvalue weighted by atomic mass is 10.1. The minimum atomic E-state index is 0.0202. The van der Waals surface area contributed by atoms with Crippen LogP contribution in [0.3, 0.4) is 0 Å². The molecule has 0 spiro atoms. The molecular formula is C11H16BrNO. The minimum Gasteiger partial charge on any atom is -0.372 e. The van der Waals surface area contributed by atoms with Gasteiger partial charge in [0, 0.05) is 17.6 Å². The Kier molecular flexibility index (Phi) is 4.58. The van der Waals surface area contributed by atoms with Crippen LogP contribution in [0.2, 0.25) is 0 Å². The van der Waals surface area contributed by atoms with E-state index in [1.807, 2.05) is 19.1 Å². The van der Waals surface area contributed by atoms with Crippen molar-refractivity contribution in [2.45, 2.75) is 20.0 Å². The number of rotatable bonds is 4. The van der Waals surface area contributed by atoms with Gasteiger partial charge in [0.15, 0.2) is 0 Å². The first-order valence-electron chi connectivity index (χ1n) is 4.76. The molecule has 1 unspecified atom stereocenters. The van der Waals surface area contributed by atoms with Gasteiger partial charge in [-0.15, -0.1) is 0 Å². The van der Waals surface area contributed by atoms with E-state index in [-0.39, 0.29) is 6.10 Å². The van der Waals surface area contributed by atoms with Gasteiger partial charge in [0.1, 0.15) is 0 Å². The van der Waals surface area contributed by atoms with Crippen molar-refractivity contribution in [2.24, 2.45) is 5.73 Å². The maximum absolute atomic E-state index is 5.64. The van der Waals surface area contributed by atoms with Gasteiger partial charge in [-0.2, -0.15) is 0 Å². The first-order chi connectivity index (χ1) is 6.69. The van der Waals surface area contributed by atoms with E-state index in [2.05, 4.69) is 28.9 Å². The molecule has 0 aliphatic carbocycles. The maximum Gasteiger partial charge on any atom is 0.0947 e. The molecule has 14 heavy (non-hydrogen) atoms. The van der Waals surface area contributed by atoms with Crippen molar-refractivity contribution >= 4 is 15.9 Å². The average Bonchev–Trinajstić information content (AvgIpc) is 2.19. The molecule has 0 saturated heterocycles. The standard InChI is InChI=1S/C11H16BrNO/c1-3-14-11(7-13)9-4-5-10(12)8(2)6-9/h4-6,11H,3,7,13H2,1-2H3. The Labute approximate surface area is 93.6 Å². The van der Waals surface area contributed by atoms with Crippen LogP contribution in [0.15, 0.2) is 22.7 Å². The van der Waals surface area contributed by atoms with Crippen molar-refractivity contribution in [3.05, 3.63) is 33.8 Å². The van der Waals surface area contributed by atoms with E-state index >= 15 is 0 Å². The molecule has 78 valence electrons. The molecule has 2 nitrogen and oxygen atoms in total. The predicted molar refractivity (Wildman–Crippen MR) is 62.3 cm³/mol. The van der Waals surface area contributed by atoms with E-state index in [9.17, 15) is 0 Å². The zero-order valence-corrected chi connectivity index (χ0v) is 10.2. The van der Waals surface area contributed by atoms with Gasteiger partial charge in [-0.05, 0) is 31.0 Å². The minimum absolute atomic E-state index is 0.0202. The lowest BCUT2D eigenvalue weighted by molar-refractivity contribution is 0.0688. The third-order valence-corrected chi connectivity index (χ3v) is 3.03. The molecule has 0 fully saturated rings. The number of benzene rings is 1. The Balaban J connectivity index is 2.88. The highest BCUT2D eigenvalue weighted by molar-refractivity contribution is 9.10. The fraction of sp³-hybridized carbons (Fsp3) is 0.455. The van der Waals surface area contributed by atoms with E-state index in [4.69, 9.17) is 10.5 Å². The number of nitrogens with two attached hydrogens (primary N) is 1. The molecule has 2 N–H and O–H groups in total. The van der Waals surface area contributed by atoms with Gasteiger partial charge >= 0.3 is 0 Å². The number of aryl methyl sites for hydroxylation is 1. The second kappa shape index (κ2) is 5.49. The van der Waals surface area contributed by atoms with Crippen LogP contribution in [0.1, 0.15) is 24.2 Å². The Bertz CT molecular complexity index is 301. The van der Waals surface area contributed by atoms with E-state index in [0.717, 1.165) is 10.0 Å². The Morgan fingerprint density at radius 1 is 1.50 bits per heavy atom. The molecule has 0 heterocycles. The Morgan fingerprint density at radius 2 is 2.21 bits per heavy atom. The number of halogens is 1. The highest BCUT2D eigenvalue weighted by atomic mass is 79.9. The van der Waals surface area contributed by atoms with Gasteiger partial charge < -0.3 is 10.5 Å². The van der Waals surface area contributed by atoms with Gasteiger partial charge in [0.2, 0.25) is 0 Å². The molecule has 1 rings (SSSR count). The fourth-order valence-electron chi connectivity index (χ4n) is 1.37. The first kappa shape index (κ1) is 11.7. The third-order valence-electron chi connectivity index (χ3n) is 2.14. The van der Waals surface area contributed by atoms with Crippen LogP contribution in [0.4, 0.5) is 0 Å². The van der Waals surface area contributed by atoms with Gasteiger partial charge in [-0.3, -0.25) is 0 Å². The van der Waals surface area contributed by atoms with E-state index in [1.54, 1.807) is 0 Å². The quantitative estimate of drug-likeness (QED) is 0.901. The van der Waals surface area contributed by atoms with Crippen molar-refractivity contribution in [1.82, 2.24) is 0 Å². The zero-order chi connectivity index (χ0) is 10.6. The van der Waals surface area contributed by atoms with Crippen molar-refractivity contribution < 1.29 is 4.74 Å². The van der Waals surface area contributed by atoms with Crippen molar-refractivity contribution in [2.75, 3.05) is 13.2 Å². The first-order valence-corrected chi connectivity index (χ1v) is 5.56. The molecule has 0 radical (unpaired) electrons. The largest absolute Gasteiger partial charge is 0.372 e. The van der Waals surface area contributed by atoms with E-state index < -0.39 is 0 Å². The Hall–Kier alpha value is -0.380. The molecule has 0 saturated carbocycles. The summed E-state index contributed by atoms with van der Waals surface area (Å²) in [5.41, 5.74) is 8.00. The van der Waals surface area contributed by atoms with Gasteiger partial charge in [-0.1, -0.05) is 28.1 Å². The van der Waals surface area contributed by atoms with E-state index in [0.29, 0.717) is 13.2 Å². The lowest BCUT2D eigenvalue weighted by Crippen LogP contribution is -2.15. The summed E-state index contributed by atoms with van der Waals surface area (Å²) in [7, 11) is 0. The predicted octanol–water partition coefficient (Wildman–Crippen LogP) is 2.79. The highest BCUT2D eigenvalue weighted by Gasteiger charge is 2.09. The molecule has 1 aromatic carbocycles. The van der Waals surface area contributed by atoms with Crippen LogP contribution < -0.4 is 5.73 Å². The van der Waals surface area contributed by atoms with Crippen molar-refractivity contribution in [3.63, 3.8) is 0 Å². The van der Waals surface area contributed by atoms with Crippen molar-refractivity contribution in [3.8, 4) is 0 Å². The number of hydrogen-bond donors (Lipinski definition) is 1. The van der Waals surface area contributed by atoms with E-state index in [1.165, 1.54) is 5.56 Å². The van der Waals surface area contributed by atoms with Crippen LogP contribution in [0.25, 0.3) is 0 Å². The van der Waals surface area contributed by atoms with Crippen LogP contribution >= 0.6 is 15.9 Å². The van der Waals surface area contributed by atoms with Crippen LogP contribution in [0, 0.1) is 6.92 Å². The topological polar surface area (TPSA) is 35.2 Å². The molecular weight excluding hydrogens is 242 g/mol. The molecule has 0 aliphatic heterocycles. The second-order valence-corrected chi connectivity index (χ2v) is 4.04. The average molecular weight is 258 g/mol.